The molecule has 4 nitrogen and oxygen atoms in total. The van der Waals surface area contributed by atoms with E-state index < -0.39 is 0 Å². The zero-order valence-corrected chi connectivity index (χ0v) is 13.1. The minimum absolute atomic E-state index is 0.157. The van der Waals surface area contributed by atoms with Gasteiger partial charge in [-0.1, -0.05) is 18.2 Å². The quantitative estimate of drug-likeness (QED) is 0.491. The number of aryl methyl sites for hydroxylation is 1. The lowest BCUT2D eigenvalue weighted by Gasteiger charge is -2.11. The van der Waals surface area contributed by atoms with Crippen molar-refractivity contribution in [1.29, 1.82) is 0 Å². The molecule has 0 unspecified atom stereocenters. The highest BCUT2D eigenvalue weighted by Crippen LogP contribution is 2.24. The van der Waals surface area contributed by atoms with Crippen molar-refractivity contribution in [3.05, 3.63) is 59.4 Å². The molecule has 0 saturated carbocycles. The fourth-order valence-corrected chi connectivity index (χ4v) is 2.29. The summed E-state index contributed by atoms with van der Waals surface area (Å²) >= 11 is 0. The van der Waals surface area contributed by atoms with E-state index in [1.54, 1.807) is 6.07 Å². The molecule has 0 amide bonds. The SMILES string of the molecule is Nc1cc(CCCNCCO)ccc1OCc1cccc(F)c1. The van der Waals surface area contributed by atoms with Crippen LogP contribution in [0.1, 0.15) is 17.5 Å². The van der Waals surface area contributed by atoms with Gasteiger partial charge in [0.25, 0.3) is 0 Å². The lowest BCUT2D eigenvalue weighted by Crippen LogP contribution is -2.19. The third-order valence-electron chi connectivity index (χ3n) is 3.47. The highest BCUT2D eigenvalue weighted by Gasteiger charge is 2.04. The predicted octanol–water partition coefficient (Wildman–Crippen LogP) is 2.50. The molecule has 0 aliphatic carbocycles. The molecule has 0 spiro atoms. The molecule has 4 N–H and O–H groups in total. The zero-order valence-electron chi connectivity index (χ0n) is 13.1. The summed E-state index contributed by atoms with van der Waals surface area (Å²) in [5.74, 6) is 0.334. The van der Waals surface area contributed by atoms with Crippen LogP contribution in [0.3, 0.4) is 0 Å². The summed E-state index contributed by atoms with van der Waals surface area (Å²) in [6, 6.07) is 12.1. The first kappa shape index (κ1) is 17.2. The van der Waals surface area contributed by atoms with Gasteiger partial charge in [0.05, 0.1) is 12.3 Å². The first-order chi connectivity index (χ1) is 11.2. The van der Waals surface area contributed by atoms with Crippen molar-refractivity contribution in [1.82, 2.24) is 5.32 Å². The van der Waals surface area contributed by atoms with Gasteiger partial charge in [0, 0.05) is 6.54 Å². The van der Waals surface area contributed by atoms with E-state index in [-0.39, 0.29) is 19.0 Å². The van der Waals surface area contributed by atoms with E-state index in [0.717, 1.165) is 30.5 Å². The third kappa shape index (κ3) is 5.88. The topological polar surface area (TPSA) is 67.5 Å². The molecule has 0 bridgehead atoms. The Hall–Kier alpha value is -2.11. The molecule has 2 rings (SSSR count). The minimum atomic E-state index is -0.274. The van der Waals surface area contributed by atoms with E-state index in [2.05, 4.69) is 5.32 Å². The van der Waals surface area contributed by atoms with Gasteiger partial charge in [-0.15, -0.1) is 0 Å². The highest BCUT2D eigenvalue weighted by molar-refractivity contribution is 5.54. The van der Waals surface area contributed by atoms with Crippen LogP contribution < -0.4 is 15.8 Å². The van der Waals surface area contributed by atoms with Gasteiger partial charge in [-0.25, -0.2) is 4.39 Å². The number of benzene rings is 2. The Morgan fingerprint density at radius 1 is 1.09 bits per heavy atom. The summed E-state index contributed by atoms with van der Waals surface area (Å²) in [7, 11) is 0. The molecule has 124 valence electrons. The van der Waals surface area contributed by atoms with Crippen LogP contribution in [0.15, 0.2) is 42.5 Å². The fourth-order valence-electron chi connectivity index (χ4n) is 2.29. The molecule has 0 fully saturated rings. The number of anilines is 1. The van der Waals surface area contributed by atoms with E-state index >= 15 is 0 Å². The largest absolute Gasteiger partial charge is 0.487 e. The van der Waals surface area contributed by atoms with Crippen molar-refractivity contribution in [2.75, 3.05) is 25.4 Å². The fraction of sp³-hybridized carbons (Fsp3) is 0.333. The Morgan fingerprint density at radius 2 is 1.96 bits per heavy atom. The summed E-state index contributed by atoms with van der Waals surface area (Å²) in [6.07, 6.45) is 1.88. The minimum Gasteiger partial charge on any atom is -0.487 e. The normalized spacial score (nSPS) is 10.7. The highest BCUT2D eigenvalue weighted by atomic mass is 19.1. The number of ether oxygens (including phenoxy) is 1. The Kier molecular flexibility index (Phi) is 6.84. The van der Waals surface area contributed by atoms with Crippen LogP contribution in [-0.2, 0) is 13.0 Å². The van der Waals surface area contributed by atoms with Crippen molar-refractivity contribution >= 4 is 5.69 Å². The molecule has 5 heteroatoms. The van der Waals surface area contributed by atoms with Crippen LogP contribution in [0.25, 0.3) is 0 Å². The average Bonchev–Trinajstić information content (AvgIpc) is 2.54. The number of nitrogens with one attached hydrogen (secondary N) is 1. The standard InChI is InChI=1S/C18H23FN2O2/c19-16-5-1-3-15(11-16)13-23-18-7-6-14(12-17(18)20)4-2-8-21-9-10-22/h1,3,5-7,11-12,21-22H,2,4,8-10,13,20H2. The number of nitrogens with two attached hydrogens (primary N) is 1. The molecule has 2 aromatic rings. The summed E-state index contributed by atoms with van der Waals surface area (Å²) in [4.78, 5) is 0. The van der Waals surface area contributed by atoms with Gasteiger partial charge in [-0.3, -0.25) is 0 Å². The monoisotopic (exact) mass is 318 g/mol. The van der Waals surface area contributed by atoms with Gasteiger partial charge >= 0.3 is 0 Å². The first-order valence-corrected chi connectivity index (χ1v) is 7.76. The van der Waals surface area contributed by atoms with E-state index in [4.69, 9.17) is 15.6 Å². The summed E-state index contributed by atoms with van der Waals surface area (Å²) in [5.41, 5.74) is 8.52. The van der Waals surface area contributed by atoms with E-state index in [9.17, 15) is 4.39 Å². The smallest absolute Gasteiger partial charge is 0.142 e. The van der Waals surface area contributed by atoms with Crippen LogP contribution in [0.4, 0.5) is 10.1 Å². The molecule has 0 atom stereocenters. The van der Waals surface area contributed by atoms with Crippen molar-refractivity contribution in [2.45, 2.75) is 19.4 Å². The maximum Gasteiger partial charge on any atom is 0.142 e. The second kappa shape index (κ2) is 9.12. The second-order valence-electron chi connectivity index (χ2n) is 5.37. The Morgan fingerprint density at radius 3 is 2.70 bits per heavy atom. The van der Waals surface area contributed by atoms with Crippen LogP contribution in [-0.4, -0.2) is 24.8 Å². The molecule has 0 aliphatic rings. The zero-order chi connectivity index (χ0) is 16.5. The van der Waals surface area contributed by atoms with E-state index in [1.165, 1.54) is 12.1 Å². The second-order valence-corrected chi connectivity index (χ2v) is 5.37. The molecule has 0 saturated heterocycles. The average molecular weight is 318 g/mol. The van der Waals surface area contributed by atoms with Crippen molar-refractivity contribution in [3.63, 3.8) is 0 Å². The van der Waals surface area contributed by atoms with Crippen molar-refractivity contribution < 1.29 is 14.2 Å². The van der Waals surface area contributed by atoms with Gasteiger partial charge < -0.3 is 20.9 Å². The number of rotatable bonds is 9. The molecule has 0 radical (unpaired) electrons. The predicted molar refractivity (Wildman–Crippen MR) is 89.9 cm³/mol. The number of aliphatic hydroxyl groups is 1. The number of aliphatic hydroxyl groups excluding tert-OH is 1. The molecular formula is C18H23FN2O2. The molecule has 0 heterocycles. The Balaban J connectivity index is 1.84. The van der Waals surface area contributed by atoms with Gasteiger partial charge in [-0.05, 0) is 54.8 Å². The lowest BCUT2D eigenvalue weighted by molar-refractivity contribution is 0.292. The van der Waals surface area contributed by atoms with Crippen molar-refractivity contribution in [3.8, 4) is 5.75 Å². The van der Waals surface area contributed by atoms with Gasteiger partial charge in [0.1, 0.15) is 18.2 Å². The molecule has 2 aromatic carbocycles. The Bertz CT molecular complexity index is 620. The van der Waals surface area contributed by atoms with Crippen LogP contribution in [0, 0.1) is 5.82 Å². The number of hydrogen-bond donors (Lipinski definition) is 3. The van der Waals surface area contributed by atoms with Crippen molar-refractivity contribution in [2.24, 2.45) is 0 Å². The lowest BCUT2D eigenvalue weighted by atomic mass is 10.1. The number of nitrogen functional groups attached to an aromatic ring is 1. The van der Waals surface area contributed by atoms with E-state index in [1.807, 2.05) is 24.3 Å². The summed E-state index contributed by atoms with van der Waals surface area (Å²) in [5, 5.41) is 11.8. The van der Waals surface area contributed by atoms with Gasteiger partial charge in [0.2, 0.25) is 0 Å². The van der Waals surface area contributed by atoms with Crippen LogP contribution in [0.2, 0.25) is 0 Å². The van der Waals surface area contributed by atoms with E-state index in [0.29, 0.717) is 18.0 Å². The van der Waals surface area contributed by atoms with Crippen LogP contribution in [0.5, 0.6) is 5.75 Å². The number of halogens is 1. The molecular weight excluding hydrogens is 295 g/mol. The number of hydrogen-bond acceptors (Lipinski definition) is 4. The Labute approximate surface area is 136 Å². The molecule has 23 heavy (non-hydrogen) atoms. The van der Waals surface area contributed by atoms with Crippen LogP contribution >= 0.6 is 0 Å². The molecule has 0 aromatic heterocycles. The summed E-state index contributed by atoms with van der Waals surface area (Å²) < 4.78 is 18.8. The van der Waals surface area contributed by atoms with Gasteiger partial charge in [0.15, 0.2) is 0 Å². The molecule has 0 aliphatic heterocycles. The van der Waals surface area contributed by atoms with Gasteiger partial charge in [-0.2, -0.15) is 0 Å². The first-order valence-electron chi connectivity index (χ1n) is 7.76. The third-order valence-corrected chi connectivity index (χ3v) is 3.47. The maximum absolute atomic E-state index is 13.1. The maximum atomic E-state index is 13.1. The summed E-state index contributed by atoms with van der Waals surface area (Å²) in [6.45, 7) is 1.92.